The molecule has 0 aromatic rings. The Hall–Kier alpha value is -1.50. The van der Waals surface area contributed by atoms with E-state index in [-0.39, 0.29) is 26.1 Å². The summed E-state index contributed by atoms with van der Waals surface area (Å²) in [5.74, 6) is -1.51. The Balaban J connectivity index is 1.70. The van der Waals surface area contributed by atoms with E-state index in [1.165, 1.54) is 7.11 Å². The van der Waals surface area contributed by atoms with E-state index in [1.54, 1.807) is 34.6 Å². The zero-order chi connectivity index (χ0) is 23.9. The predicted molar refractivity (Wildman–Crippen MR) is 109 cm³/mol. The molecule has 0 aromatic heterocycles. The van der Waals surface area contributed by atoms with Crippen LogP contribution in [0.25, 0.3) is 0 Å². The van der Waals surface area contributed by atoms with Gasteiger partial charge in [-0.3, -0.25) is 0 Å². The van der Waals surface area contributed by atoms with Crippen LogP contribution in [0.1, 0.15) is 47.5 Å². The van der Waals surface area contributed by atoms with E-state index in [2.05, 4.69) is 5.32 Å². The molecule has 3 heterocycles. The summed E-state index contributed by atoms with van der Waals surface area (Å²) in [6.07, 6.45) is -3.80. The largest absolute Gasteiger partial charge is 0.467 e. The molecular weight excluding hydrogens is 426 g/mol. The molecular formula is C21H35NO10. The van der Waals surface area contributed by atoms with Crippen molar-refractivity contribution in [3.63, 3.8) is 0 Å². The van der Waals surface area contributed by atoms with Crippen molar-refractivity contribution < 1.29 is 48.2 Å². The number of epoxide rings is 1. The summed E-state index contributed by atoms with van der Waals surface area (Å²) in [5, 5.41) is 23.1. The van der Waals surface area contributed by atoms with Crippen LogP contribution in [0.4, 0.5) is 4.79 Å². The number of carbonyl (C=O) groups excluding carboxylic acids is 2. The molecule has 0 unspecified atom stereocenters. The van der Waals surface area contributed by atoms with Gasteiger partial charge in [0.15, 0.2) is 5.79 Å². The van der Waals surface area contributed by atoms with Crippen molar-refractivity contribution in [2.45, 2.75) is 101 Å². The second kappa shape index (κ2) is 9.03. The molecule has 11 heteroatoms. The maximum atomic E-state index is 12.4. The molecule has 0 bridgehead atoms. The quantitative estimate of drug-likeness (QED) is 0.356. The normalized spacial score (nSPS) is 36.7. The highest BCUT2D eigenvalue weighted by atomic mass is 16.8. The molecule has 7 atom stereocenters. The number of alkyl carbamates (subject to hydrolysis) is 1. The second-order valence-corrected chi connectivity index (χ2v) is 9.99. The molecule has 0 radical (unpaired) electrons. The summed E-state index contributed by atoms with van der Waals surface area (Å²) in [5.41, 5.74) is -1.75. The second-order valence-electron chi connectivity index (χ2n) is 9.99. The van der Waals surface area contributed by atoms with E-state index in [4.69, 9.17) is 28.4 Å². The minimum Gasteiger partial charge on any atom is -0.467 e. The minimum absolute atomic E-state index is 0.00761. The zero-order valence-corrected chi connectivity index (χ0v) is 19.5. The molecule has 3 rings (SSSR count). The van der Waals surface area contributed by atoms with Gasteiger partial charge in [0.05, 0.1) is 26.4 Å². The first-order chi connectivity index (χ1) is 14.8. The van der Waals surface area contributed by atoms with Gasteiger partial charge in [-0.1, -0.05) is 0 Å². The molecule has 3 aliphatic rings. The van der Waals surface area contributed by atoms with Crippen LogP contribution in [0.2, 0.25) is 0 Å². The highest BCUT2D eigenvalue weighted by Gasteiger charge is 2.61. The number of rotatable bonds is 7. The standard InChI is InChI=1S/C21H35NO10/c1-19(2,3)32-18(26)22-11(17(25)27-6)7-21(14(9-23)30-21)8-12-15(24)16-13(10-28-12)29-20(4,5)31-16/h11-16,23-24H,7-10H2,1-6H3,(H,22,26)/t11-,12+,13+,14-,15-,16+,21-/m0/s1. The highest BCUT2D eigenvalue weighted by Crippen LogP contribution is 2.47. The average Bonchev–Trinajstić information content (AvgIpc) is 3.25. The van der Waals surface area contributed by atoms with Crippen LogP contribution < -0.4 is 5.32 Å². The van der Waals surface area contributed by atoms with Crippen molar-refractivity contribution >= 4 is 12.1 Å². The smallest absolute Gasteiger partial charge is 0.408 e. The van der Waals surface area contributed by atoms with E-state index in [0.717, 1.165) is 0 Å². The van der Waals surface area contributed by atoms with Crippen LogP contribution in [0.3, 0.4) is 0 Å². The molecule has 0 saturated carbocycles. The molecule has 3 aliphatic heterocycles. The first-order valence-electron chi connectivity index (χ1n) is 10.8. The molecule has 3 fully saturated rings. The van der Waals surface area contributed by atoms with E-state index in [0.29, 0.717) is 0 Å². The van der Waals surface area contributed by atoms with Crippen molar-refractivity contribution in [1.29, 1.82) is 0 Å². The zero-order valence-electron chi connectivity index (χ0n) is 19.5. The molecule has 1 amide bonds. The van der Waals surface area contributed by atoms with Gasteiger partial charge in [0, 0.05) is 12.8 Å². The van der Waals surface area contributed by atoms with Gasteiger partial charge in [-0.15, -0.1) is 0 Å². The molecule has 3 N–H and O–H groups in total. The van der Waals surface area contributed by atoms with Gasteiger partial charge in [0.2, 0.25) is 0 Å². The number of aliphatic hydroxyl groups excluding tert-OH is 2. The van der Waals surface area contributed by atoms with Crippen molar-refractivity contribution in [1.82, 2.24) is 5.32 Å². The number of esters is 1. The van der Waals surface area contributed by atoms with E-state index in [1.807, 2.05) is 0 Å². The molecule has 0 aromatic carbocycles. The third kappa shape index (κ3) is 5.70. The van der Waals surface area contributed by atoms with Gasteiger partial charge < -0.3 is 44.0 Å². The Morgan fingerprint density at radius 1 is 1.22 bits per heavy atom. The number of carbonyl (C=O) groups is 2. The van der Waals surface area contributed by atoms with Crippen LogP contribution in [0.5, 0.6) is 0 Å². The molecule has 3 saturated heterocycles. The van der Waals surface area contributed by atoms with Gasteiger partial charge in [0.25, 0.3) is 0 Å². The van der Waals surface area contributed by atoms with Gasteiger partial charge in [-0.25, -0.2) is 9.59 Å². The first-order valence-corrected chi connectivity index (χ1v) is 10.8. The monoisotopic (exact) mass is 461 g/mol. The lowest BCUT2D eigenvalue weighted by atomic mass is 9.86. The minimum atomic E-state index is -1.08. The Labute approximate surface area is 187 Å². The lowest BCUT2D eigenvalue weighted by molar-refractivity contribution is -0.164. The topological polar surface area (TPSA) is 145 Å². The summed E-state index contributed by atoms with van der Waals surface area (Å²) in [6, 6.07) is -1.08. The van der Waals surface area contributed by atoms with Crippen LogP contribution in [-0.2, 0) is 33.2 Å². The summed E-state index contributed by atoms with van der Waals surface area (Å²) in [4.78, 5) is 24.6. The number of methoxy groups -OCH3 is 1. The summed E-state index contributed by atoms with van der Waals surface area (Å²) >= 11 is 0. The molecule has 184 valence electrons. The first kappa shape index (κ1) is 25.1. The Kier molecular flexibility index (Phi) is 7.09. The van der Waals surface area contributed by atoms with Crippen LogP contribution in [-0.4, -0.2) is 96.2 Å². The fraction of sp³-hybridized carbons (Fsp3) is 0.905. The number of aliphatic hydroxyl groups is 2. The maximum absolute atomic E-state index is 12.4. The van der Waals surface area contributed by atoms with Crippen molar-refractivity contribution in [3.8, 4) is 0 Å². The molecule has 32 heavy (non-hydrogen) atoms. The third-order valence-corrected chi connectivity index (χ3v) is 5.76. The third-order valence-electron chi connectivity index (χ3n) is 5.76. The molecule has 0 spiro atoms. The van der Waals surface area contributed by atoms with Gasteiger partial charge in [-0.05, 0) is 34.6 Å². The van der Waals surface area contributed by atoms with E-state index in [9.17, 15) is 19.8 Å². The lowest BCUT2D eigenvalue weighted by Crippen LogP contribution is -2.53. The summed E-state index contributed by atoms with van der Waals surface area (Å²) in [7, 11) is 1.21. The summed E-state index contributed by atoms with van der Waals surface area (Å²) in [6.45, 7) is 8.59. The number of fused-ring (bicyclic) bond motifs is 1. The lowest BCUT2D eigenvalue weighted by Gasteiger charge is -2.36. The fourth-order valence-electron chi connectivity index (χ4n) is 4.36. The Morgan fingerprint density at radius 2 is 1.91 bits per heavy atom. The molecule has 0 aliphatic carbocycles. The molecule has 11 nitrogen and oxygen atoms in total. The van der Waals surface area contributed by atoms with Crippen LogP contribution >= 0.6 is 0 Å². The van der Waals surface area contributed by atoms with E-state index < -0.39 is 65.6 Å². The number of nitrogens with one attached hydrogen (secondary N) is 1. The fourth-order valence-corrected chi connectivity index (χ4v) is 4.36. The van der Waals surface area contributed by atoms with Gasteiger partial charge in [0.1, 0.15) is 41.7 Å². The summed E-state index contributed by atoms with van der Waals surface area (Å²) < 4.78 is 33.2. The van der Waals surface area contributed by atoms with Gasteiger partial charge in [-0.2, -0.15) is 0 Å². The van der Waals surface area contributed by atoms with Gasteiger partial charge >= 0.3 is 12.1 Å². The number of hydrogen-bond acceptors (Lipinski definition) is 10. The maximum Gasteiger partial charge on any atom is 0.408 e. The predicted octanol–water partition coefficient (Wildman–Crippen LogP) is 0.243. The van der Waals surface area contributed by atoms with Crippen LogP contribution in [0, 0.1) is 0 Å². The van der Waals surface area contributed by atoms with E-state index >= 15 is 0 Å². The average molecular weight is 462 g/mol. The van der Waals surface area contributed by atoms with Crippen molar-refractivity contribution in [2.75, 3.05) is 20.3 Å². The number of amides is 1. The van der Waals surface area contributed by atoms with Crippen LogP contribution in [0.15, 0.2) is 0 Å². The Bertz CT molecular complexity index is 707. The number of hydrogen-bond donors (Lipinski definition) is 3. The number of ether oxygens (including phenoxy) is 6. The van der Waals surface area contributed by atoms with Crippen molar-refractivity contribution in [3.05, 3.63) is 0 Å². The Morgan fingerprint density at radius 3 is 2.47 bits per heavy atom. The highest BCUT2D eigenvalue weighted by molar-refractivity contribution is 5.81. The SMILES string of the molecule is COC(=O)[C@H](C[C@@]1(C[C@H]2OC[C@H]3OC(C)(C)O[C@H]3[C@H]2O)O[C@H]1CO)NC(=O)OC(C)(C)C. The van der Waals surface area contributed by atoms with Crippen molar-refractivity contribution in [2.24, 2.45) is 0 Å².